The molecule has 94 valence electrons. The zero-order chi connectivity index (χ0) is 12.8. The lowest BCUT2D eigenvalue weighted by Crippen LogP contribution is -2.08. The van der Waals surface area contributed by atoms with Crippen LogP contribution in [0.2, 0.25) is 0 Å². The summed E-state index contributed by atoms with van der Waals surface area (Å²) in [4.78, 5) is 3.93. The van der Waals surface area contributed by atoms with E-state index in [0.717, 1.165) is 17.7 Å². The second-order valence-electron chi connectivity index (χ2n) is 3.82. The standard InChI is InChI=1S/C14H15FN2O/c1-18-13-7-3-2-5-11(13)8-10-17-14-12(15)6-4-9-16-14/h2-7,9H,8,10H2,1H3,(H,16,17). The van der Waals surface area contributed by atoms with E-state index in [0.29, 0.717) is 6.54 Å². The summed E-state index contributed by atoms with van der Waals surface area (Å²) in [6.45, 7) is 0.605. The summed E-state index contributed by atoms with van der Waals surface area (Å²) in [6, 6.07) is 10.7. The van der Waals surface area contributed by atoms with Crippen LogP contribution in [0.4, 0.5) is 10.2 Å². The number of nitrogens with one attached hydrogen (secondary N) is 1. The molecule has 0 bridgehead atoms. The van der Waals surface area contributed by atoms with Crippen LogP contribution in [0.5, 0.6) is 5.75 Å². The highest BCUT2D eigenvalue weighted by Crippen LogP contribution is 2.18. The zero-order valence-corrected chi connectivity index (χ0v) is 10.2. The molecule has 0 aliphatic carbocycles. The third-order valence-corrected chi connectivity index (χ3v) is 2.64. The molecule has 0 spiro atoms. The third kappa shape index (κ3) is 2.97. The van der Waals surface area contributed by atoms with Crippen LogP contribution in [0.3, 0.4) is 0 Å². The Hall–Kier alpha value is -2.10. The highest BCUT2D eigenvalue weighted by Gasteiger charge is 2.03. The zero-order valence-electron chi connectivity index (χ0n) is 10.2. The summed E-state index contributed by atoms with van der Waals surface area (Å²) in [6.07, 6.45) is 2.31. The van der Waals surface area contributed by atoms with E-state index in [2.05, 4.69) is 10.3 Å². The van der Waals surface area contributed by atoms with Crippen LogP contribution in [0, 0.1) is 5.82 Å². The molecule has 0 fully saturated rings. The minimum absolute atomic E-state index is 0.285. The van der Waals surface area contributed by atoms with Gasteiger partial charge in [0, 0.05) is 12.7 Å². The molecule has 3 nitrogen and oxygen atoms in total. The Bertz CT molecular complexity index is 517. The number of ether oxygens (including phenoxy) is 1. The van der Waals surface area contributed by atoms with Gasteiger partial charge in [-0.2, -0.15) is 0 Å². The molecule has 1 N–H and O–H groups in total. The van der Waals surface area contributed by atoms with Gasteiger partial charge in [-0.1, -0.05) is 18.2 Å². The fourth-order valence-electron chi connectivity index (χ4n) is 1.74. The lowest BCUT2D eigenvalue weighted by Gasteiger charge is -2.09. The largest absolute Gasteiger partial charge is 0.496 e. The van der Waals surface area contributed by atoms with Gasteiger partial charge in [0.25, 0.3) is 0 Å². The van der Waals surface area contributed by atoms with Gasteiger partial charge in [-0.05, 0) is 30.2 Å². The van der Waals surface area contributed by atoms with Crippen LogP contribution in [-0.2, 0) is 6.42 Å². The van der Waals surface area contributed by atoms with E-state index in [9.17, 15) is 4.39 Å². The molecular weight excluding hydrogens is 231 g/mol. The summed E-state index contributed by atoms with van der Waals surface area (Å²) in [5.74, 6) is 0.797. The number of hydrogen-bond acceptors (Lipinski definition) is 3. The number of benzene rings is 1. The Morgan fingerprint density at radius 1 is 1.22 bits per heavy atom. The Balaban J connectivity index is 1.95. The molecule has 0 radical (unpaired) electrons. The van der Waals surface area contributed by atoms with Crippen molar-refractivity contribution in [2.24, 2.45) is 0 Å². The molecule has 18 heavy (non-hydrogen) atoms. The Kier molecular flexibility index (Phi) is 4.12. The first kappa shape index (κ1) is 12.4. The van der Waals surface area contributed by atoms with Crippen molar-refractivity contribution in [3.05, 3.63) is 54.0 Å². The van der Waals surface area contributed by atoms with Crippen LogP contribution in [0.15, 0.2) is 42.6 Å². The van der Waals surface area contributed by atoms with E-state index in [-0.39, 0.29) is 11.6 Å². The van der Waals surface area contributed by atoms with Crippen molar-refractivity contribution in [3.8, 4) is 5.75 Å². The molecule has 1 aromatic carbocycles. The molecule has 2 rings (SSSR count). The van der Waals surface area contributed by atoms with Gasteiger partial charge in [0.2, 0.25) is 0 Å². The third-order valence-electron chi connectivity index (χ3n) is 2.64. The maximum Gasteiger partial charge on any atom is 0.165 e. The first-order valence-corrected chi connectivity index (χ1v) is 5.77. The summed E-state index contributed by atoms with van der Waals surface area (Å²) in [5.41, 5.74) is 1.09. The number of anilines is 1. The van der Waals surface area contributed by atoms with Gasteiger partial charge in [-0.3, -0.25) is 0 Å². The van der Waals surface area contributed by atoms with Crippen molar-refractivity contribution in [1.29, 1.82) is 0 Å². The van der Waals surface area contributed by atoms with Crippen LogP contribution >= 0.6 is 0 Å². The Morgan fingerprint density at radius 3 is 2.83 bits per heavy atom. The Morgan fingerprint density at radius 2 is 2.06 bits per heavy atom. The molecule has 1 aromatic heterocycles. The molecule has 0 amide bonds. The SMILES string of the molecule is COc1ccccc1CCNc1ncccc1F. The number of para-hydroxylation sites is 1. The van der Waals surface area contributed by atoms with E-state index in [4.69, 9.17) is 4.74 Å². The predicted octanol–water partition coefficient (Wildman–Crippen LogP) is 2.88. The average molecular weight is 246 g/mol. The van der Waals surface area contributed by atoms with Gasteiger partial charge in [-0.25, -0.2) is 9.37 Å². The number of nitrogens with zero attached hydrogens (tertiary/aromatic N) is 1. The monoisotopic (exact) mass is 246 g/mol. The predicted molar refractivity (Wildman–Crippen MR) is 69.4 cm³/mol. The smallest absolute Gasteiger partial charge is 0.165 e. The minimum Gasteiger partial charge on any atom is -0.496 e. The second-order valence-corrected chi connectivity index (χ2v) is 3.82. The second kappa shape index (κ2) is 6.00. The van der Waals surface area contributed by atoms with Gasteiger partial charge in [0.15, 0.2) is 11.6 Å². The van der Waals surface area contributed by atoms with Crippen molar-refractivity contribution in [2.45, 2.75) is 6.42 Å². The van der Waals surface area contributed by atoms with Crippen molar-refractivity contribution in [3.63, 3.8) is 0 Å². The highest BCUT2D eigenvalue weighted by molar-refractivity contribution is 5.37. The molecule has 4 heteroatoms. The first-order valence-electron chi connectivity index (χ1n) is 5.77. The lowest BCUT2D eigenvalue weighted by molar-refractivity contribution is 0.410. The van der Waals surface area contributed by atoms with Crippen LogP contribution < -0.4 is 10.1 Å². The topological polar surface area (TPSA) is 34.1 Å². The van der Waals surface area contributed by atoms with Gasteiger partial charge in [0.1, 0.15) is 5.75 Å². The van der Waals surface area contributed by atoms with Gasteiger partial charge >= 0.3 is 0 Å². The lowest BCUT2D eigenvalue weighted by atomic mass is 10.1. The maximum atomic E-state index is 13.3. The van der Waals surface area contributed by atoms with Crippen LogP contribution in [-0.4, -0.2) is 18.6 Å². The van der Waals surface area contributed by atoms with Crippen molar-refractivity contribution >= 4 is 5.82 Å². The Labute approximate surface area is 106 Å². The number of pyridine rings is 1. The number of aromatic nitrogens is 1. The van der Waals surface area contributed by atoms with E-state index < -0.39 is 0 Å². The van der Waals surface area contributed by atoms with Gasteiger partial charge in [-0.15, -0.1) is 0 Å². The molecule has 1 heterocycles. The summed E-state index contributed by atoms with van der Waals surface area (Å²) >= 11 is 0. The summed E-state index contributed by atoms with van der Waals surface area (Å²) < 4.78 is 18.6. The van der Waals surface area contributed by atoms with Crippen molar-refractivity contribution < 1.29 is 9.13 Å². The molecular formula is C14H15FN2O. The fourth-order valence-corrected chi connectivity index (χ4v) is 1.74. The first-order chi connectivity index (χ1) is 8.81. The molecule has 0 aliphatic heterocycles. The molecule has 0 saturated carbocycles. The number of halogens is 1. The maximum absolute atomic E-state index is 13.3. The van der Waals surface area contributed by atoms with Crippen LogP contribution in [0.1, 0.15) is 5.56 Å². The van der Waals surface area contributed by atoms with Gasteiger partial charge < -0.3 is 10.1 Å². The van der Waals surface area contributed by atoms with E-state index >= 15 is 0 Å². The van der Waals surface area contributed by atoms with E-state index in [1.807, 2.05) is 24.3 Å². The normalized spacial score (nSPS) is 10.1. The average Bonchev–Trinajstić information content (AvgIpc) is 2.41. The quantitative estimate of drug-likeness (QED) is 0.880. The molecule has 0 atom stereocenters. The fraction of sp³-hybridized carbons (Fsp3) is 0.214. The molecule has 2 aromatic rings. The van der Waals surface area contributed by atoms with Crippen LogP contribution in [0.25, 0.3) is 0 Å². The van der Waals surface area contributed by atoms with Crippen molar-refractivity contribution in [2.75, 3.05) is 19.0 Å². The molecule has 0 saturated heterocycles. The number of methoxy groups -OCH3 is 1. The van der Waals surface area contributed by atoms with Gasteiger partial charge in [0.05, 0.1) is 7.11 Å². The highest BCUT2D eigenvalue weighted by atomic mass is 19.1. The number of rotatable bonds is 5. The summed E-state index contributed by atoms with van der Waals surface area (Å²) in [7, 11) is 1.64. The molecule has 0 aliphatic rings. The summed E-state index contributed by atoms with van der Waals surface area (Å²) in [5, 5.41) is 2.97. The number of hydrogen-bond donors (Lipinski definition) is 1. The minimum atomic E-state index is -0.336. The van der Waals surface area contributed by atoms with Crippen molar-refractivity contribution in [1.82, 2.24) is 4.98 Å². The van der Waals surface area contributed by atoms with E-state index in [1.165, 1.54) is 6.07 Å². The van der Waals surface area contributed by atoms with E-state index in [1.54, 1.807) is 19.4 Å². The molecule has 0 unspecified atom stereocenters.